The minimum atomic E-state index is -0.463. The molecule has 7 nitrogen and oxygen atoms in total. The fraction of sp³-hybridized carbons (Fsp3) is 0.500. The van der Waals surface area contributed by atoms with Crippen molar-refractivity contribution in [3.8, 4) is 0 Å². The van der Waals surface area contributed by atoms with Gasteiger partial charge in [-0.1, -0.05) is 0 Å². The lowest BCUT2D eigenvalue weighted by Gasteiger charge is -2.27. The minimum Gasteiger partial charge on any atom is -0.369 e. The van der Waals surface area contributed by atoms with E-state index in [-0.39, 0.29) is 29.4 Å². The van der Waals surface area contributed by atoms with Crippen LogP contribution in [-0.4, -0.2) is 21.9 Å². The van der Waals surface area contributed by atoms with Crippen molar-refractivity contribution in [2.24, 2.45) is 11.7 Å². The first kappa shape index (κ1) is 14.7. The van der Waals surface area contributed by atoms with Crippen LogP contribution in [0.2, 0.25) is 0 Å². The van der Waals surface area contributed by atoms with Crippen molar-refractivity contribution >= 4 is 33.3 Å². The predicted molar refractivity (Wildman–Crippen MR) is 77.2 cm³/mol. The summed E-state index contributed by atoms with van der Waals surface area (Å²) >= 11 is 3.17. The van der Waals surface area contributed by atoms with E-state index in [1.165, 1.54) is 12.3 Å². The molecule has 1 aliphatic rings. The van der Waals surface area contributed by atoms with Crippen LogP contribution in [0, 0.1) is 16.0 Å². The summed E-state index contributed by atoms with van der Waals surface area (Å²) in [6.45, 7) is 0. The number of carbonyl (C=O) groups is 1. The Hall–Kier alpha value is -1.70. The number of aromatic nitrogens is 1. The van der Waals surface area contributed by atoms with Crippen LogP contribution in [0.3, 0.4) is 0 Å². The molecule has 0 unspecified atom stereocenters. The van der Waals surface area contributed by atoms with Gasteiger partial charge in [-0.05, 0) is 41.6 Å². The highest BCUT2D eigenvalue weighted by molar-refractivity contribution is 9.10. The lowest BCUT2D eigenvalue weighted by atomic mass is 9.85. The van der Waals surface area contributed by atoms with E-state index in [9.17, 15) is 14.9 Å². The van der Waals surface area contributed by atoms with Gasteiger partial charge in [-0.15, -0.1) is 0 Å². The molecule has 3 N–H and O–H groups in total. The Kier molecular flexibility index (Phi) is 4.53. The maximum Gasteiger partial charge on any atom is 0.312 e. The normalized spacial score (nSPS) is 22.2. The van der Waals surface area contributed by atoms with Gasteiger partial charge in [-0.2, -0.15) is 0 Å². The van der Waals surface area contributed by atoms with Crippen LogP contribution >= 0.6 is 15.9 Å². The first-order chi connectivity index (χ1) is 9.47. The summed E-state index contributed by atoms with van der Waals surface area (Å²) in [5, 5.41) is 14.1. The fourth-order valence-corrected chi connectivity index (χ4v) is 2.71. The average Bonchev–Trinajstić information content (AvgIpc) is 2.41. The molecule has 108 valence electrons. The zero-order valence-corrected chi connectivity index (χ0v) is 12.3. The van der Waals surface area contributed by atoms with Crippen LogP contribution < -0.4 is 11.1 Å². The molecular weight excluding hydrogens is 328 g/mol. The van der Waals surface area contributed by atoms with E-state index in [0.717, 1.165) is 12.8 Å². The quantitative estimate of drug-likeness (QED) is 0.643. The van der Waals surface area contributed by atoms with Gasteiger partial charge < -0.3 is 11.1 Å². The standard InChI is InChI=1S/C12H15BrN4O3/c13-8-5-10(17(19)20)12(15-6-8)16-9-3-1-7(2-4-9)11(14)18/h5-7,9H,1-4H2,(H2,14,18)(H,15,16). The van der Waals surface area contributed by atoms with Gasteiger partial charge in [0, 0.05) is 28.7 Å². The Labute approximate surface area is 124 Å². The van der Waals surface area contributed by atoms with Gasteiger partial charge in [0.15, 0.2) is 0 Å². The number of halogens is 1. The molecule has 1 aromatic heterocycles. The van der Waals surface area contributed by atoms with E-state index in [4.69, 9.17) is 5.73 Å². The molecule has 1 amide bonds. The summed E-state index contributed by atoms with van der Waals surface area (Å²) in [5.74, 6) is -0.0853. The van der Waals surface area contributed by atoms with Crippen LogP contribution in [0.4, 0.5) is 11.5 Å². The van der Waals surface area contributed by atoms with Crippen molar-refractivity contribution in [1.29, 1.82) is 0 Å². The first-order valence-electron chi connectivity index (χ1n) is 6.33. The molecule has 8 heteroatoms. The number of hydrogen-bond donors (Lipinski definition) is 2. The highest BCUT2D eigenvalue weighted by Gasteiger charge is 2.26. The smallest absolute Gasteiger partial charge is 0.312 e. The Balaban J connectivity index is 2.04. The minimum absolute atomic E-state index is 0.0589. The molecule has 0 radical (unpaired) electrons. The molecule has 0 spiro atoms. The van der Waals surface area contributed by atoms with Gasteiger partial charge in [-0.3, -0.25) is 14.9 Å². The Bertz CT molecular complexity index is 529. The Morgan fingerprint density at radius 1 is 1.45 bits per heavy atom. The number of rotatable bonds is 4. The molecular formula is C12H15BrN4O3. The molecule has 1 heterocycles. The van der Waals surface area contributed by atoms with Crippen molar-refractivity contribution in [2.45, 2.75) is 31.7 Å². The number of nitrogens with zero attached hydrogens (tertiary/aromatic N) is 2. The van der Waals surface area contributed by atoms with Crippen molar-refractivity contribution in [1.82, 2.24) is 4.98 Å². The number of carbonyl (C=O) groups excluding carboxylic acids is 1. The van der Waals surface area contributed by atoms with Crippen LogP contribution in [0.5, 0.6) is 0 Å². The van der Waals surface area contributed by atoms with Gasteiger partial charge in [0.2, 0.25) is 11.7 Å². The zero-order chi connectivity index (χ0) is 14.7. The molecule has 1 aromatic rings. The van der Waals surface area contributed by atoms with E-state index in [1.54, 1.807) is 0 Å². The maximum atomic E-state index is 11.1. The van der Waals surface area contributed by atoms with Crippen LogP contribution in [0.1, 0.15) is 25.7 Å². The van der Waals surface area contributed by atoms with E-state index in [2.05, 4.69) is 26.2 Å². The van der Waals surface area contributed by atoms with E-state index in [1.807, 2.05) is 0 Å². The van der Waals surface area contributed by atoms with Crippen molar-refractivity contribution in [3.05, 3.63) is 26.9 Å². The summed E-state index contributed by atoms with van der Waals surface area (Å²) in [6, 6.07) is 1.50. The number of nitrogens with one attached hydrogen (secondary N) is 1. The number of nitro groups is 1. The van der Waals surface area contributed by atoms with Crippen LogP contribution in [-0.2, 0) is 4.79 Å². The largest absolute Gasteiger partial charge is 0.369 e. The van der Waals surface area contributed by atoms with Gasteiger partial charge in [-0.25, -0.2) is 4.98 Å². The number of nitrogens with two attached hydrogens (primary N) is 1. The third-order valence-corrected chi connectivity index (χ3v) is 3.93. The lowest BCUT2D eigenvalue weighted by Crippen LogP contribution is -2.32. The summed E-state index contributed by atoms with van der Waals surface area (Å²) in [7, 11) is 0. The van der Waals surface area contributed by atoms with Gasteiger partial charge in [0.1, 0.15) is 0 Å². The van der Waals surface area contributed by atoms with Crippen LogP contribution in [0.25, 0.3) is 0 Å². The van der Waals surface area contributed by atoms with Crippen molar-refractivity contribution in [2.75, 3.05) is 5.32 Å². The third kappa shape index (κ3) is 3.44. The molecule has 1 saturated carbocycles. The van der Waals surface area contributed by atoms with E-state index >= 15 is 0 Å². The highest BCUT2D eigenvalue weighted by atomic mass is 79.9. The summed E-state index contributed by atoms with van der Waals surface area (Å²) in [4.78, 5) is 25.7. The van der Waals surface area contributed by atoms with Gasteiger partial charge >= 0.3 is 5.69 Å². The number of amides is 1. The second kappa shape index (κ2) is 6.17. The highest BCUT2D eigenvalue weighted by Crippen LogP contribution is 2.30. The predicted octanol–water partition coefficient (Wildman–Crippen LogP) is 2.21. The van der Waals surface area contributed by atoms with Gasteiger partial charge in [0.25, 0.3) is 0 Å². The molecule has 20 heavy (non-hydrogen) atoms. The second-order valence-electron chi connectivity index (χ2n) is 4.87. The molecule has 0 aromatic carbocycles. The Morgan fingerprint density at radius 2 is 2.10 bits per heavy atom. The third-order valence-electron chi connectivity index (χ3n) is 3.50. The summed E-state index contributed by atoms with van der Waals surface area (Å²) < 4.78 is 0.562. The lowest BCUT2D eigenvalue weighted by molar-refractivity contribution is -0.384. The molecule has 0 atom stereocenters. The SMILES string of the molecule is NC(=O)C1CCC(Nc2ncc(Br)cc2[N+](=O)[O-])CC1. The van der Waals surface area contributed by atoms with Crippen molar-refractivity contribution in [3.63, 3.8) is 0 Å². The topological polar surface area (TPSA) is 111 Å². The molecule has 0 aliphatic heterocycles. The fourth-order valence-electron chi connectivity index (χ4n) is 2.39. The number of hydrogen-bond acceptors (Lipinski definition) is 5. The maximum absolute atomic E-state index is 11.1. The zero-order valence-electron chi connectivity index (χ0n) is 10.7. The van der Waals surface area contributed by atoms with Crippen LogP contribution in [0.15, 0.2) is 16.7 Å². The molecule has 0 bridgehead atoms. The van der Waals surface area contributed by atoms with E-state index in [0.29, 0.717) is 17.3 Å². The van der Waals surface area contributed by atoms with Gasteiger partial charge in [0.05, 0.1) is 4.92 Å². The Morgan fingerprint density at radius 3 is 2.65 bits per heavy atom. The number of primary amides is 1. The van der Waals surface area contributed by atoms with E-state index < -0.39 is 4.92 Å². The molecule has 1 fully saturated rings. The molecule has 0 saturated heterocycles. The second-order valence-corrected chi connectivity index (χ2v) is 5.79. The average molecular weight is 343 g/mol. The number of anilines is 1. The summed E-state index contributed by atoms with van der Waals surface area (Å²) in [5.41, 5.74) is 5.22. The first-order valence-corrected chi connectivity index (χ1v) is 7.12. The molecule has 2 rings (SSSR count). The monoisotopic (exact) mass is 342 g/mol. The molecule has 1 aliphatic carbocycles. The van der Waals surface area contributed by atoms with Crippen molar-refractivity contribution < 1.29 is 9.72 Å². The summed E-state index contributed by atoms with van der Waals surface area (Å²) in [6.07, 6.45) is 4.43. The number of pyridine rings is 1.